The fourth-order valence-electron chi connectivity index (χ4n) is 2.64. The number of hydrogen-bond donors (Lipinski definition) is 1. The average Bonchev–Trinajstić information content (AvgIpc) is 2.87. The zero-order valence-electron chi connectivity index (χ0n) is 12.6. The van der Waals surface area contributed by atoms with Crippen LogP contribution in [0.3, 0.4) is 0 Å². The first-order valence-electron chi connectivity index (χ1n) is 7.22. The molecule has 0 aliphatic heterocycles. The van der Waals surface area contributed by atoms with Crippen LogP contribution in [0.1, 0.15) is 45.0 Å². The molecule has 2 aromatic rings. The largest absolute Gasteiger partial charge is 0.465 e. The molecule has 0 radical (unpaired) electrons. The number of aryl methyl sites for hydroxylation is 1. The Hall–Kier alpha value is -1.84. The number of rotatable bonds is 5. The van der Waals surface area contributed by atoms with Gasteiger partial charge in [0.2, 0.25) is 0 Å². The van der Waals surface area contributed by atoms with Gasteiger partial charge in [0.15, 0.2) is 0 Å². The maximum atomic E-state index is 12.4. The molecule has 0 atom stereocenters. The normalized spacial score (nSPS) is 11.8. The highest BCUT2D eigenvalue weighted by atomic mass is 16.5. The number of fused-ring (bicyclic) bond motifs is 1. The lowest BCUT2D eigenvalue weighted by atomic mass is 9.81. The molecule has 20 heavy (non-hydrogen) atoms. The van der Waals surface area contributed by atoms with E-state index in [-0.39, 0.29) is 5.97 Å². The first-order valence-corrected chi connectivity index (χ1v) is 7.22. The van der Waals surface area contributed by atoms with Crippen molar-refractivity contribution in [1.82, 2.24) is 9.97 Å². The number of benzene rings is 1. The van der Waals surface area contributed by atoms with Crippen molar-refractivity contribution in [2.24, 2.45) is 0 Å². The summed E-state index contributed by atoms with van der Waals surface area (Å²) in [6, 6.07) is 6.00. The summed E-state index contributed by atoms with van der Waals surface area (Å²) in [6.45, 7) is 8.24. The quantitative estimate of drug-likeness (QED) is 0.849. The van der Waals surface area contributed by atoms with Gasteiger partial charge in [0, 0.05) is 0 Å². The standard InChI is InChI=1S/C16H22N2O2/c1-5-16(6-2,15(19)20-7-3)14-17-12-10-8-9-11(4)13(12)18-14/h8-10H,5-7H2,1-4H3,(H,17,18). The number of nitrogens with zero attached hydrogens (tertiary/aromatic N) is 1. The van der Waals surface area contributed by atoms with Gasteiger partial charge in [-0.25, -0.2) is 4.98 Å². The number of nitrogens with one attached hydrogen (secondary N) is 1. The zero-order chi connectivity index (χ0) is 14.8. The molecule has 1 N–H and O–H groups in total. The maximum absolute atomic E-state index is 12.4. The third-order valence-corrected chi connectivity index (χ3v) is 4.04. The zero-order valence-corrected chi connectivity index (χ0v) is 12.6. The van der Waals surface area contributed by atoms with Gasteiger partial charge < -0.3 is 9.72 Å². The van der Waals surface area contributed by atoms with E-state index in [1.807, 2.05) is 45.9 Å². The number of aromatic amines is 1. The third kappa shape index (κ3) is 2.19. The van der Waals surface area contributed by atoms with Crippen LogP contribution in [-0.2, 0) is 14.9 Å². The fourth-order valence-corrected chi connectivity index (χ4v) is 2.64. The number of imidazole rings is 1. The van der Waals surface area contributed by atoms with Crippen molar-refractivity contribution < 1.29 is 9.53 Å². The van der Waals surface area contributed by atoms with Crippen LogP contribution in [0.4, 0.5) is 0 Å². The SMILES string of the molecule is CCOC(=O)C(CC)(CC)c1nc2c(C)cccc2[nH]1. The molecule has 4 nitrogen and oxygen atoms in total. The highest BCUT2D eigenvalue weighted by molar-refractivity contribution is 5.85. The summed E-state index contributed by atoms with van der Waals surface area (Å²) >= 11 is 0. The van der Waals surface area contributed by atoms with E-state index >= 15 is 0 Å². The first kappa shape index (κ1) is 14.6. The van der Waals surface area contributed by atoms with Gasteiger partial charge in [-0.05, 0) is 38.3 Å². The van der Waals surface area contributed by atoms with Gasteiger partial charge in [0.25, 0.3) is 0 Å². The lowest BCUT2D eigenvalue weighted by Crippen LogP contribution is -2.37. The second-order valence-corrected chi connectivity index (χ2v) is 5.07. The van der Waals surface area contributed by atoms with Crippen molar-refractivity contribution in [3.63, 3.8) is 0 Å². The molecule has 1 heterocycles. The van der Waals surface area contributed by atoms with Crippen molar-refractivity contribution in [2.45, 2.75) is 46.0 Å². The van der Waals surface area contributed by atoms with Gasteiger partial charge in [0.1, 0.15) is 11.2 Å². The molecule has 0 unspecified atom stereocenters. The maximum Gasteiger partial charge on any atom is 0.319 e. The fraction of sp³-hybridized carbons (Fsp3) is 0.500. The van der Waals surface area contributed by atoms with E-state index in [4.69, 9.17) is 4.74 Å². The highest BCUT2D eigenvalue weighted by Crippen LogP contribution is 2.33. The number of ether oxygens (including phenoxy) is 1. The number of aromatic nitrogens is 2. The Morgan fingerprint density at radius 3 is 2.55 bits per heavy atom. The Labute approximate surface area is 119 Å². The van der Waals surface area contributed by atoms with Crippen LogP contribution in [0.2, 0.25) is 0 Å². The Bertz CT molecular complexity index is 612. The number of H-pyrrole nitrogens is 1. The van der Waals surface area contributed by atoms with Gasteiger partial charge >= 0.3 is 5.97 Å². The highest BCUT2D eigenvalue weighted by Gasteiger charge is 2.41. The molecule has 0 aliphatic carbocycles. The molecule has 1 aromatic heterocycles. The molecule has 0 saturated carbocycles. The number of carbonyl (C=O) groups excluding carboxylic acids is 1. The van der Waals surface area contributed by atoms with Crippen molar-refractivity contribution in [3.8, 4) is 0 Å². The molecule has 0 saturated heterocycles. The molecule has 0 aliphatic rings. The van der Waals surface area contributed by atoms with Crippen molar-refractivity contribution >= 4 is 17.0 Å². The van der Waals surface area contributed by atoms with Gasteiger partial charge in [-0.2, -0.15) is 0 Å². The first-order chi connectivity index (χ1) is 9.58. The van der Waals surface area contributed by atoms with Gasteiger partial charge in [-0.15, -0.1) is 0 Å². The third-order valence-electron chi connectivity index (χ3n) is 4.04. The van der Waals surface area contributed by atoms with E-state index in [9.17, 15) is 4.79 Å². The number of para-hydroxylation sites is 1. The molecule has 0 bridgehead atoms. The molecule has 2 rings (SSSR count). The second kappa shape index (κ2) is 5.65. The molecular weight excluding hydrogens is 252 g/mol. The minimum atomic E-state index is -0.679. The Kier molecular flexibility index (Phi) is 4.12. The van der Waals surface area contributed by atoms with Crippen LogP contribution in [-0.4, -0.2) is 22.5 Å². The number of carbonyl (C=O) groups is 1. The summed E-state index contributed by atoms with van der Waals surface area (Å²) in [7, 11) is 0. The summed E-state index contributed by atoms with van der Waals surface area (Å²) in [5.41, 5.74) is 2.32. The molecule has 108 valence electrons. The van der Waals surface area contributed by atoms with Crippen molar-refractivity contribution in [3.05, 3.63) is 29.6 Å². The lowest BCUT2D eigenvalue weighted by Gasteiger charge is -2.26. The van der Waals surface area contributed by atoms with E-state index < -0.39 is 5.41 Å². The predicted octanol–water partition coefficient (Wildman–Crippen LogP) is 3.49. The lowest BCUT2D eigenvalue weighted by molar-refractivity contribution is -0.150. The molecule has 1 aromatic carbocycles. The van der Waals surface area contributed by atoms with E-state index in [0.717, 1.165) is 16.6 Å². The van der Waals surface area contributed by atoms with E-state index in [2.05, 4.69) is 9.97 Å². The van der Waals surface area contributed by atoms with Gasteiger partial charge in [-0.1, -0.05) is 26.0 Å². The molecule has 0 fully saturated rings. The summed E-state index contributed by atoms with van der Waals surface area (Å²) in [4.78, 5) is 20.4. The van der Waals surface area contributed by atoms with Crippen LogP contribution in [0.25, 0.3) is 11.0 Å². The number of esters is 1. The Morgan fingerprint density at radius 1 is 1.30 bits per heavy atom. The molecule has 4 heteroatoms. The van der Waals surface area contributed by atoms with E-state index in [1.165, 1.54) is 0 Å². The van der Waals surface area contributed by atoms with Crippen LogP contribution < -0.4 is 0 Å². The van der Waals surface area contributed by atoms with Crippen molar-refractivity contribution in [1.29, 1.82) is 0 Å². The van der Waals surface area contributed by atoms with E-state index in [0.29, 0.717) is 25.3 Å². The number of hydrogen-bond acceptors (Lipinski definition) is 3. The van der Waals surface area contributed by atoms with Crippen LogP contribution in [0.5, 0.6) is 0 Å². The van der Waals surface area contributed by atoms with Gasteiger partial charge in [-0.3, -0.25) is 4.79 Å². The van der Waals surface area contributed by atoms with Crippen LogP contribution in [0, 0.1) is 6.92 Å². The van der Waals surface area contributed by atoms with E-state index in [1.54, 1.807) is 0 Å². The van der Waals surface area contributed by atoms with Crippen molar-refractivity contribution in [2.75, 3.05) is 6.61 Å². The molecule has 0 amide bonds. The Balaban J connectivity index is 2.57. The molecular formula is C16H22N2O2. The summed E-state index contributed by atoms with van der Waals surface area (Å²) < 4.78 is 5.27. The van der Waals surface area contributed by atoms with Crippen LogP contribution in [0.15, 0.2) is 18.2 Å². The van der Waals surface area contributed by atoms with Crippen LogP contribution >= 0.6 is 0 Å². The van der Waals surface area contributed by atoms with Gasteiger partial charge in [0.05, 0.1) is 17.6 Å². The molecule has 0 spiro atoms. The smallest absolute Gasteiger partial charge is 0.319 e. The summed E-state index contributed by atoms with van der Waals surface area (Å²) in [6.07, 6.45) is 1.34. The summed E-state index contributed by atoms with van der Waals surface area (Å²) in [5.74, 6) is 0.520. The minimum absolute atomic E-state index is 0.193. The Morgan fingerprint density at radius 2 is 2.00 bits per heavy atom. The average molecular weight is 274 g/mol. The predicted molar refractivity (Wildman–Crippen MR) is 79.7 cm³/mol. The minimum Gasteiger partial charge on any atom is -0.465 e. The second-order valence-electron chi connectivity index (χ2n) is 5.07. The topological polar surface area (TPSA) is 55.0 Å². The summed E-state index contributed by atoms with van der Waals surface area (Å²) in [5, 5.41) is 0. The monoisotopic (exact) mass is 274 g/mol.